The first-order valence-corrected chi connectivity index (χ1v) is 8.26. The summed E-state index contributed by atoms with van der Waals surface area (Å²) >= 11 is 0. The maximum Gasteiger partial charge on any atom is 0.260 e. The SMILES string of the molecule is COc1ccccc1OCC(=O)N(C)Cc1ccc(-n2cccn2)cc1. The second-order valence-electron chi connectivity index (χ2n) is 5.81. The van der Waals surface area contributed by atoms with E-state index in [2.05, 4.69) is 5.10 Å². The highest BCUT2D eigenvalue weighted by Gasteiger charge is 2.12. The van der Waals surface area contributed by atoms with Gasteiger partial charge in [-0.3, -0.25) is 4.79 Å². The van der Waals surface area contributed by atoms with Crippen molar-refractivity contribution >= 4 is 5.91 Å². The second-order valence-corrected chi connectivity index (χ2v) is 5.81. The molecule has 1 heterocycles. The number of rotatable bonds is 7. The summed E-state index contributed by atoms with van der Waals surface area (Å²) in [6.07, 6.45) is 3.63. The third-order valence-electron chi connectivity index (χ3n) is 3.97. The maximum atomic E-state index is 12.3. The first kappa shape index (κ1) is 17.5. The fraction of sp³-hybridized carbons (Fsp3) is 0.200. The molecule has 0 atom stereocenters. The molecule has 2 aromatic carbocycles. The van der Waals surface area contributed by atoms with E-state index in [1.54, 1.807) is 42.1 Å². The van der Waals surface area contributed by atoms with E-state index in [9.17, 15) is 4.79 Å². The third-order valence-corrected chi connectivity index (χ3v) is 3.97. The molecule has 0 aliphatic rings. The highest BCUT2D eigenvalue weighted by Crippen LogP contribution is 2.25. The summed E-state index contributed by atoms with van der Waals surface area (Å²) in [4.78, 5) is 14.0. The summed E-state index contributed by atoms with van der Waals surface area (Å²) in [7, 11) is 3.33. The van der Waals surface area contributed by atoms with E-state index in [0.717, 1.165) is 11.3 Å². The molecule has 0 aliphatic heterocycles. The molecule has 0 aliphatic carbocycles. The summed E-state index contributed by atoms with van der Waals surface area (Å²) in [5.41, 5.74) is 2.02. The van der Waals surface area contributed by atoms with E-state index in [1.165, 1.54) is 0 Å². The maximum absolute atomic E-state index is 12.3. The highest BCUT2D eigenvalue weighted by atomic mass is 16.5. The lowest BCUT2D eigenvalue weighted by Crippen LogP contribution is -2.31. The molecule has 0 fully saturated rings. The number of ether oxygens (including phenoxy) is 2. The molecular formula is C20H21N3O3. The zero-order valence-corrected chi connectivity index (χ0v) is 14.8. The minimum Gasteiger partial charge on any atom is -0.493 e. The first-order chi connectivity index (χ1) is 12.7. The van der Waals surface area contributed by atoms with Gasteiger partial charge in [0.15, 0.2) is 18.1 Å². The smallest absolute Gasteiger partial charge is 0.260 e. The third kappa shape index (κ3) is 4.22. The fourth-order valence-corrected chi connectivity index (χ4v) is 2.53. The zero-order valence-electron chi connectivity index (χ0n) is 14.8. The predicted molar refractivity (Wildman–Crippen MR) is 98.5 cm³/mol. The van der Waals surface area contributed by atoms with Crippen LogP contribution in [-0.2, 0) is 11.3 Å². The zero-order chi connectivity index (χ0) is 18.4. The largest absolute Gasteiger partial charge is 0.493 e. The number of hydrogen-bond acceptors (Lipinski definition) is 4. The standard InChI is InChI=1S/C20H21N3O3/c1-22(20(24)15-26-19-7-4-3-6-18(19)25-2)14-16-8-10-17(11-9-16)23-13-5-12-21-23/h3-13H,14-15H2,1-2H3. The Balaban J connectivity index is 1.55. The van der Waals surface area contributed by atoms with Gasteiger partial charge in [-0.15, -0.1) is 0 Å². The number of benzene rings is 2. The van der Waals surface area contributed by atoms with Gasteiger partial charge in [0.2, 0.25) is 0 Å². The topological polar surface area (TPSA) is 56.6 Å². The van der Waals surface area contributed by atoms with Gasteiger partial charge in [-0.2, -0.15) is 5.10 Å². The molecule has 0 spiro atoms. The normalized spacial score (nSPS) is 10.4. The average molecular weight is 351 g/mol. The van der Waals surface area contributed by atoms with E-state index in [-0.39, 0.29) is 12.5 Å². The summed E-state index contributed by atoms with van der Waals surface area (Å²) < 4.78 is 12.6. The van der Waals surface area contributed by atoms with E-state index >= 15 is 0 Å². The van der Waals surface area contributed by atoms with Crippen LogP contribution in [0.2, 0.25) is 0 Å². The number of para-hydroxylation sites is 2. The van der Waals surface area contributed by atoms with Gasteiger partial charge in [0.1, 0.15) is 0 Å². The van der Waals surface area contributed by atoms with Crippen LogP contribution < -0.4 is 9.47 Å². The van der Waals surface area contributed by atoms with Crippen molar-refractivity contribution in [3.63, 3.8) is 0 Å². The molecule has 1 amide bonds. The Kier molecular flexibility index (Phi) is 5.53. The van der Waals surface area contributed by atoms with Gasteiger partial charge in [-0.05, 0) is 35.9 Å². The van der Waals surface area contributed by atoms with E-state index in [1.807, 2.05) is 48.7 Å². The number of likely N-dealkylation sites (N-methyl/N-ethyl adjacent to an activating group) is 1. The van der Waals surface area contributed by atoms with Crippen LogP contribution in [0.5, 0.6) is 11.5 Å². The molecule has 0 unspecified atom stereocenters. The summed E-state index contributed by atoms with van der Waals surface area (Å²) in [6, 6.07) is 17.1. The lowest BCUT2D eigenvalue weighted by molar-refractivity contribution is -0.132. The molecule has 26 heavy (non-hydrogen) atoms. The van der Waals surface area contributed by atoms with Crippen molar-refractivity contribution in [3.8, 4) is 17.2 Å². The Hall–Kier alpha value is -3.28. The van der Waals surface area contributed by atoms with Gasteiger partial charge >= 0.3 is 0 Å². The van der Waals surface area contributed by atoms with Crippen molar-refractivity contribution in [1.29, 1.82) is 0 Å². The van der Waals surface area contributed by atoms with Crippen molar-refractivity contribution < 1.29 is 14.3 Å². The molecule has 6 heteroatoms. The average Bonchev–Trinajstić information content (AvgIpc) is 3.21. The van der Waals surface area contributed by atoms with Crippen molar-refractivity contribution in [2.24, 2.45) is 0 Å². The van der Waals surface area contributed by atoms with E-state index in [4.69, 9.17) is 9.47 Å². The summed E-state index contributed by atoms with van der Waals surface area (Å²) in [5, 5.41) is 4.20. The fourth-order valence-electron chi connectivity index (χ4n) is 2.53. The molecular weight excluding hydrogens is 330 g/mol. The van der Waals surface area contributed by atoms with Crippen molar-refractivity contribution in [2.45, 2.75) is 6.54 Å². The highest BCUT2D eigenvalue weighted by molar-refractivity contribution is 5.77. The van der Waals surface area contributed by atoms with Gasteiger partial charge in [0.05, 0.1) is 12.8 Å². The van der Waals surface area contributed by atoms with Crippen LogP contribution in [0.25, 0.3) is 5.69 Å². The molecule has 0 saturated heterocycles. The number of carbonyl (C=O) groups is 1. The van der Waals surface area contributed by atoms with E-state index in [0.29, 0.717) is 18.0 Å². The van der Waals surface area contributed by atoms with Gasteiger partial charge in [-0.25, -0.2) is 4.68 Å². The lowest BCUT2D eigenvalue weighted by atomic mass is 10.2. The molecule has 1 aromatic heterocycles. The summed E-state index contributed by atoms with van der Waals surface area (Å²) in [5.74, 6) is 1.06. The second kappa shape index (κ2) is 8.20. The molecule has 3 rings (SSSR count). The molecule has 6 nitrogen and oxygen atoms in total. The minimum absolute atomic E-state index is 0.0394. The van der Waals surface area contributed by atoms with Crippen molar-refractivity contribution in [1.82, 2.24) is 14.7 Å². The van der Waals surface area contributed by atoms with E-state index < -0.39 is 0 Å². The monoisotopic (exact) mass is 351 g/mol. The number of amides is 1. The number of aromatic nitrogens is 2. The Bertz CT molecular complexity index is 845. The first-order valence-electron chi connectivity index (χ1n) is 8.26. The van der Waals surface area contributed by atoms with Crippen molar-refractivity contribution in [2.75, 3.05) is 20.8 Å². The van der Waals surface area contributed by atoms with Crippen LogP contribution in [0.4, 0.5) is 0 Å². The number of methoxy groups -OCH3 is 1. The number of nitrogens with zero attached hydrogens (tertiary/aromatic N) is 3. The number of hydrogen-bond donors (Lipinski definition) is 0. The van der Waals surface area contributed by atoms with Crippen LogP contribution in [0, 0.1) is 0 Å². The van der Waals surface area contributed by atoms with Gasteiger partial charge in [0.25, 0.3) is 5.91 Å². The predicted octanol–water partition coefficient (Wildman–Crippen LogP) is 2.92. The molecule has 3 aromatic rings. The van der Waals surface area contributed by atoms with Crippen LogP contribution in [0.3, 0.4) is 0 Å². The number of carbonyl (C=O) groups excluding carboxylic acids is 1. The Labute approximate surface area is 152 Å². The van der Waals surface area contributed by atoms with Crippen LogP contribution in [0.1, 0.15) is 5.56 Å². The quantitative estimate of drug-likeness (QED) is 0.657. The Morgan fingerprint density at radius 1 is 1.08 bits per heavy atom. The van der Waals surface area contributed by atoms with Crippen LogP contribution in [-0.4, -0.2) is 41.4 Å². The Morgan fingerprint density at radius 3 is 2.46 bits per heavy atom. The van der Waals surface area contributed by atoms with Crippen LogP contribution in [0.15, 0.2) is 67.0 Å². The molecule has 134 valence electrons. The lowest BCUT2D eigenvalue weighted by Gasteiger charge is -2.18. The molecule has 0 bridgehead atoms. The molecule has 0 saturated carbocycles. The van der Waals surface area contributed by atoms with Gasteiger partial charge in [0, 0.05) is 26.0 Å². The molecule has 0 radical (unpaired) electrons. The summed E-state index contributed by atoms with van der Waals surface area (Å²) in [6.45, 7) is 0.468. The minimum atomic E-state index is -0.105. The van der Waals surface area contributed by atoms with Gasteiger partial charge in [-0.1, -0.05) is 24.3 Å². The Morgan fingerprint density at radius 2 is 1.81 bits per heavy atom. The van der Waals surface area contributed by atoms with Crippen LogP contribution >= 0.6 is 0 Å². The molecule has 0 N–H and O–H groups in total. The van der Waals surface area contributed by atoms with Gasteiger partial charge < -0.3 is 14.4 Å². The van der Waals surface area contributed by atoms with Crippen molar-refractivity contribution in [3.05, 3.63) is 72.6 Å².